The predicted molar refractivity (Wildman–Crippen MR) is 58.3 cm³/mol. The van der Waals surface area contributed by atoms with Gasteiger partial charge in [-0.2, -0.15) is 0 Å². The van der Waals surface area contributed by atoms with Crippen LogP contribution >= 0.6 is 0 Å². The first-order valence-corrected chi connectivity index (χ1v) is 6.04. The molecule has 2 rings (SSSR count). The smallest absolute Gasteiger partial charge is 0.0708 e. The van der Waals surface area contributed by atoms with Crippen molar-refractivity contribution in [2.45, 2.75) is 31.8 Å². The Morgan fingerprint density at radius 3 is 2.67 bits per heavy atom. The molecule has 0 spiro atoms. The van der Waals surface area contributed by atoms with Crippen molar-refractivity contribution in [1.29, 1.82) is 0 Å². The maximum absolute atomic E-state index is 5.64. The molecule has 2 N–H and O–H groups in total. The van der Waals surface area contributed by atoms with Crippen molar-refractivity contribution >= 4 is 0 Å². The molecule has 0 aromatic carbocycles. The van der Waals surface area contributed by atoms with Gasteiger partial charge in [-0.1, -0.05) is 0 Å². The van der Waals surface area contributed by atoms with E-state index >= 15 is 0 Å². The lowest BCUT2D eigenvalue weighted by Crippen LogP contribution is -2.39. The molecule has 0 aromatic rings. The highest BCUT2D eigenvalue weighted by atomic mass is 16.6. The van der Waals surface area contributed by atoms with Crippen LogP contribution in [-0.2, 0) is 9.57 Å². The van der Waals surface area contributed by atoms with Gasteiger partial charge >= 0.3 is 0 Å². The van der Waals surface area contributed by atoms with Crippen molar-refractivity contribution in [2.75, 3.05) is 32.8 Å². The van der Waals surface area contributed by atoms with Crippen LogP contribution in [0.2, 0.25) is 0 Å². The topological polar surface area (TPSA) is 47.7 Å². The molecule has 0 bridgehead atoms. The van der Waals surface area contributed by atoms with Crippen molar-refractivity contribution in [2.24, 2.45) is 11.8 Å². The zero-order chi connectivity index (χ0) is 10.5. The van der Waals surface area contributed by atoms with Crippen LogP contribution < -0.4 is 5.90 Å². The summed E-state index contributed by atoms with van der Waals surface area (Å²) in [7, 11) is 0. The molecule has 0 amide bonds. The molecular weight excluding hydrogens is 192 g/mol. The van der Waals surface area contributed by atoms with Gasteiger partial charge in [0.1, 0.15) is 0 Å². The van der Waals surface area contributed by atoms with Gasteiger partial charge in [-0.15, -0.1) is 0 Å². The molecule has 2 saturated heterocycles. The van der Waals surface area contributed by atoms with Crippen LogP contribution in [0.4, 0.5) is 0 Å². The zero-order valence-corrected chi connectivity index (χ0v) is 9.36. The summed E-state index contributed by atoms with van der Waals surface area (Å²) < 4.78 is 5.64. The maximum Gasteiger partial charge on any atom is 0.0708 e. The Bertz CT molecular complexity index is 175. The molecule has 0 saturated carbocycles. The fraction of sp³-hybridized carbons (Fsp3) is 1.00. The summed E-state index contributed by atoms with van der Waals surface area (Å²) in [6, 6.07) is 0. The molecule has 2 fully saturated rings. The fourth-order valence-electron chi connectivity index (χ4n) is 2.55. The molecule has 0 radical (unpaired) electrons. The first-order chi connectivity index (χ1) is 7.38. The lowest BCUT2D eigenvalue weighted by atomic mass is 9.97. The van der Waals surface area contributed by atoms with Gasteiger partial charge in [0.05, 0.1) is 12.7 Å². The largest absolute Gasteiger partial charge is 0.377 e. The molecule has 4 heteroatoms. The summed E-state index contributed by atoms with van der Waals surface area (Å²) in [5.41, 5.74) is 0. The molecule has 0 aliphatic carbocycles. The van der Waals surface area contributed by atoms with Gasteiger partial charge in [-0.25, -0.2) is 5.90 Å². The summed E-state index contributed by atoms with van der Waals surface area (Å²) in [5, 5.41) is 0. The first-order valence-electron chi connectivity index (χ1n) is 6.04. The van der Waals surface area contributed by atoms with Gasteiger partial charge in [-0.3, -0.25) is 0 Å². The number of nitrogens with two attached hydrogens (primary N) is 1. The van der Waals surface area contributed by atoms with E-state index in [4.69, 9.17) is 15.5 Å². The van der Waals surface area contributed by atoms with Crippen LogP contribution in [-0.4, -0.2) is 43.9 Å². The normalized spacial score (nSPS) is 29.8. The second kappa shape index (κ2) is 5.80. The molecule has 2 aliphatic heterocycles. The number of hydrogen-bond acceptors (Lipinski definition) is 4. The van der Waals surface area contributed by atoms with Gasteiger partial charge in [0.15, 0.2) is 0 Å². The second-order valence-corrected chi connectivity index (χ2v) is 4.71. The summed E-state index contributed by atoms with van der Waals surface area (Å²) >= 11 is 0. The van der Waals surface area contributed by atoms with E-state index < -0.39 is 0 Å². The molecule has 1 unspecified atom stereocenters. The van der Waals surface area contributed by atoms with E-state index in [1.54, 1.807) is 0 Å². The lowest BCUT2D eigenvalue weighted by molar-refractivity contribution is 0.0385. The number of ether oxygens (including phenoxy) is 1. The van der Waals surface area contributed by atoms with Gasteiger partial charge in [0.25, 0.3) is 0 Å². The highest BCUT2D eigenvalue weighted by molar-refractivity contribution is 4.76. The minimum atomic E-state index is 0.493. The average molecular weight is 214 g/mol. The molecule has 2 aliphatic rings. The van der Waals surface area contributed by atoms with Gasteiger partial charge in [0, 0.05) is 13.2 Å². The molecule has 88 valence electrons. The van der Waals surface area contributed by atoms with E-state index in [-0.39, 0.29) is 0 Å². The minimum absolute atomic E-state index is 0.493. The van der Waals surface area contributed by atoms with Crippen molar-refractivity contribution in [1.82, 2.24) is 4.90 Å². The summed E-state index contributed by atoms with van der Waals surface area (Å²) in [6.07, 6.45) is 5.40. The number of rotatable bonds is 4. The Kier molecular flexibility index (Phi) is 4.38. The molecule has 2 heterocycles. The first kappa shape index (κ1) is 11.3. The number of likely N-dealkylation sites (tertiary alicyclic amines) is 1. The quantitative estimate of drug-likeness (QED) is 0.702. The molecule has 1 atom stereocenters. The third-order valence-corrected chi connectivity index (χ3v) is 3.52. The number of hydrogen-bond donors (Lipinski definition) is 1. The van der Waals surface area contributed by atoms with E-state index in [1.165, 1.54) is 38.8 Å². The van der Waals surface area contributed by atoms with E-state index in [0.29, 0.717) is 18.6 Å². The molecular formula is C11H22N2O2. The molecule has 0 aromatic heterocycles. The van der Waals surface area contributed by atoms with E-state index in [2.05, 4.69) is 4.90 Å². The Morgan fingerprint density at radius 2 is 2.07 bits per heavy atom. The average Bonchev–Trinajstić information content (AvgIpc) is 2.74. The van der Waals surface area contributed by atoms with Crippen LogP contribution in [0.15, 0.2) is 0 Å². The molecule has 15 heavy (non-hydrogen) atoms. The van der Waals surface area contributed by atoms with E-state index in [1.807, 2.05) is 0 Å². The third kappa shape index (κ3) is 3.41. The van der Waals surface area contributed by atoms with Gasteiger partial charge in [-0.05, 0) is 44.7 Å². The highest BCUT2D eigenvalue weighted by Gasteiger charge is 2.23. The second-order valence-electron chi connectivity index (χ2n) is 4.71. The van der Waals surface area contributed by atoms with Crippen molar-refractivity contribution < 1.29 is 9.57 Å². The Balaban J connectivity index is 1.64. The summed E-state index contributed by atoms with van der Waals surface area (Å²) in [5.74, 6) is 5.76. The SMILES string of the molecule is NOCC1CCN(CC2CCCO2)CC1. The molecule has 4 nitrogen and oxygen atoms in total. The minimum Gasteiger partial charge on any atom is -0.377 e. The lowest BCUT2D eigenvalue weighted by Gasteiger charge is -2.32. The van der Waals surface area contributed by atoms with Gasteiger partial charge < -0.3 is 14.5 Å². The Morgan fingerprint density at radius 1 is 1.27 bits per heavy atom. The zero-order valence-electron chi connectivity index (χ0n) is 9.36. The van der Waals surface area contributed by atoms with E-state index in [9.17, 15) is 0 Å². The maximum atomic E-state index is 5.64. The predicted octanol–water partition coefficient (Wildman–Crippen LogP) is 0.768. The van der Waals surface area contributed by atoms with Crippen LogP contribution in [0, 0.1) is 5.92 Å². The monoisotopic (exact) mass is 214 g/mol. The van der Waals surface area contributed by atoms with Crippen LogP contribution in [0.1, 0.15) is 25.7 Å². The Hall–Kier alpha value is -0.160. The van der Waals surface area contributed by atoms with Crippen LogP contribution in [0.25, 0.3) is 0 Å². The standard InChI is InChI=1S/C11H22N2O2/c12-15-9-10-3-5-13(6-4-10)8-11-2-1-7-14-11/h10-11H,1-9,12H2. The van der Waals surface area contributed by atoms with Crippen LogP contribution in [0.3, 0.4) is 0 Å². The van der Waals surface area contributed by atoms with E-state index in [0.717, 1.165) is 13.2 Å². The Labute approximate surface area is 91.7 Å². The summed E-state index contributed by atoms with van der Waals surface area (Å²) in [4.78, 5) is 7.22. The third-order valence-electron chi connectivity index (χ3n) is 3.52. The number of nitrogens with zero attached hydrogens (tertiary/aromatic N) is 1. The summed E-state index contributed by atoms with van der Waals surface area (Å²) in [6.45, 7) is 5.15. The highest BCUT2D eigenvalue weighted by Crippen LogP contribution is 2.20. The number of piperidine rings is 1. The fourth-order valence-corrected chi connectivity index (χ4v) is 2.55. The van der Waals surface area contributed by atoms with Crippen molar-refractivity contribution in [3.63, 3.8) is 0 Å². The van der Waals surface area contributed by atoms with Crippen molar-refractivity contribution in [3.8, 4) is 0 Å². The van der Waals surface area contributed by atoms with Crippen molar-refractivity contribution in [3.05, 3.63) is 0 Å². The van der Waals surface area contributed by atoms with Gasteiger partial charge in [0.2, 0.25) is 0 Å². The van der Waals surface area contributed by atoms with Crippen LogP contribution in [0.5, 0.6) is 0 Å².